The van der Waals surface area contributed by atoms with Crippen molar-refractivity contribution in [1.82, 2.24) is 15.1 Å². The van der Waals surface area contributed by atoms with Crippen molar-refractivity contribution in [1.29, 1.82) is 0 Å². The first-order valence-electron chi connectivity index (χ1n) is 5.23. The van der Waals surface area contributed by atoms with E-state index in [0.29, 0.717) is 0 Å². The topological polar surface area (TPSA) is 73.2 Å². The summed E-state index contributed by atoms with van der Waals surface area (Å²) in [6.45, 7) is 1.33. The number of ether oxygens (including phenoxy) is 1. The van der Waals surface area contributed by atoms with E-state index in [4.69, 9.17) is 0 Å². The molecule has 18 heavy (non-hydrogen) atoms. The summed E-state index contributed by atoms with van der Waals surface area (Å²) in [5.74, 6) is -1.29. The molecule has 1 rings (SSSR count). The highest BCUT2D eigenvalue weighted by molar-refractivity contribution is 5.87. The van der Waals surface area contributed by atoms with Crippen LogP contribution in [0.3, 0.4) is 0 Å². The molecule has 0 unspecified atom stereocenters. The largest absolute Gasteiger partial charge is 0.461 e. The SMILES string of the molecule is CCOC(=O)c1cc(C(F)F)n(CC(=O)NC)n1. The maximum atomic E-state index is 12.7. The van der Waals surface area contributed by atoms with Crippen molar-refractivity contribution in [3.8, 4) is 0 Å². The minimum absolute atomic E-state index is 0.116. The fraction of sp³-hybridized carbons (Fsp3) is 0.500. The van der Waals surface area contributed by atoms with Crippen LogP contribution in [-0.2, 0) is 16.1 Å². The summed E-state index contributed by atoms with van der Waals surface area (Å²) < 4.78 is 30.8. The maximum absolute atomic E-state index is 12.7. The van der Waals surface area contributed by atoms with Gasteiger partial charge in [0.1, 0.15) is 12.2 Å². The van der Waals surface area contributed by atoms with Gasteiger partial charge in [-0.2, -0.15) is 5.10 Å². The number of aromatic nitrogens is 2. The van der Waals surface area contributed by atoms with Gasteiger partial charge < -0.3 is 10.1 Å². The zero-order valence-corrected chi connectivity index (χ0v) is 9.94. The third-order valence-electron chi connectivity index (χ3n) is 2.09. The van der Waals surface area contributed by atoms with Gasteiger partial charge in [0, 0.05) is 13.1 Å². The summed E-state index contributed by atoms with van der Waals surface area (Å²) in [5.41, 5.74) is -0.738. The van der Waals surface area contributed by atoms with Crippen LogP contribution in [0.1, 0.15) is 29.5 Å². The van der Waals surface area contributed by atoms with E-state index < -0.39 is 24.0 Å². The van der Waals surface area contributed by atoms with Crippen LogP contribution < -0.4 is 5.32 Å². The number of hydrogen-bond acceptors (Lipinski definition) is 4. The van der Waals surface area contributed by atoms with E-state index >= 15 is 0 Å². The number of nitrogens with zero attached hydrogens (tertiary/aromatic N) is 2. The summed E-state index contributed by atoms with van der Waals surface area (Å²) in [6.07, 6.45) is -2.83. The van der Waals surface area contributed by atoms with E-state index in [2.05, 4.69) is 15.2 Å². The summed E-state index contributed by atoms with van der Waals surface area (Å²) in [6, 6.07) is 0.922. The number of likely N-dealkylation sites (N-methyl/N-ethyl adjacent to an activating group) is 1. The molecular weight excluding hydrogens is 248 g/mol. The van der Waals surface area contributed by atoms with Crippen LogP contribution in [0.2, 0.25) is 0 Å². The van der Waals surface area contributed by atoms with Crippen molar-refractivity contribution >= 4 is 11.9 Å². The number of rotatable bonds is 5. The van der Waals surface area contributed by atoms with Gasteiger partial charge in [0.2, 0.25) is 5.91 Å². The van der Waals surface area contributed by atoms with Gasteiger partial charge in [0.05, 0.1) is 6.61 Å². The molecule has 1 aromatic heterocycles. The van der Waals surface area contributed by atoms with Gasteiger partial charge in [-0.05, 0) is 6.92 Å². The molecule has 1 aromatic rings. The first-order valence-corrected chi connectivity index (χ1v) is 5.23. The summed E-state index contributed by atoms with van der Waals surface area (Å²) in [4.78, 5) is 22.5. The van der Waals surface area contributed by atoms with E-state index in [9.17, 15) is 18.4 Å². The first-order chi connectivity index (χ1) is 8.49. The van der Waals surface area contributed by atoms with Crippen LogP contribution in [0.5, 0.6) is 0 Å². The standard InChI is InChI=1S/C10H13F2N3O3/c1-3-18-10(17)6-4-7(9(11)12)15(14-6)5-8(16)13-2/h4,9H,3,5H2,1-2H3,(H,13,16). The smallest absolute Gasteiger partial charge is 0.358 e. The second-order valence-corrected chi connectivity index (χ2v) is 3.31. The Morgan fingerprint density at radius 3 is 2.72 bits per heavy atom. The highest BCUT2D eigenvalue weighted by Gasteiger charge is 2.21. The third kappa shape index (κ3) is 3.25. The molecule has 1 N–H and O–H groups in total. The van der Waals surface area contributed by atoms with Crippen LogP contribution in [0.4, 0.5) is 8.78 Å². The lowest BCUT2D eigenvalue weighted by Crippen LogP contribution is -2.25. The fourth-order valence-corrected chi connectivity index (χ4v) is 1.25. The Bertz CT molecular complexity index is 446. The van der Waals surface area contributed by atoms with Crippen molar-refractivity contribution in [3.05, 3.63) is 17.5 Å². The average Bonchev–Trinajstić information content (AvgIpc) is 2.73. The Hall–Kier alpha value is -1.99. The Labute approximate surface area is 102 Å². The number of carbonyl (C=O) groups is 2. The molecule has 0 saturated heterocycles. The normalized spacial score (nSPS) is 10.5. The highest BCUT2D eigenvalue weighted by Crippen LogP contribution is 2.20. The predicted octanol–water partition coefficient (Wildman–Crippen LogP) is 0.743. The molecule has 1 heterocycles. The van der Waals surface area contributed by atoms with Crippen LogP contribution in [-0.4, -0.2) is 35.3 Å². The second kappa shape index (κ2) is 6.08. The molecular formula is C10H13F2N3O3. The number of hydrogen-bond donors (Lipinski definition) is 1. The lowest BCUT2D eigenvalue weighted by molar-refractivity contribution is -0.121. The molecule has 0 aliphatic heterocycles. The Morgan fingerprint density at radius 2 is 2.22 bits per heavy atom. The molecule has 1 amide bonds. The van der Waals surface area contributed by atoms with Gasteiger partial charge in [-0.15, -0.1) is 0 Å². The van der Waals surface area contributed by atoms with Gasteiger partial charge in [-0.1, -0.05) is 0 Å². The molecule has 0 spiro atoms. The van der Waals surface area contributed by atoms with Crippen molar-refractivity contribution in [2.45, 2.75) is 19.9 Å². The monoisotopic (exact) mass is 261 g/mol. The van der Waals surface area contributed by atoms with Gasteiger partial charge in [-0.25, -0.2) is 13.6 Å². The highest BCUT2D eigenvalue weighted by atomic mass is 19.3. The van der Waals surface area contributed by atoms with E-state index in [-0.39, 0.29) is 18.8 Å². The third-order valence-corrected chi connectivity index (χ3v) is 2.09. The molecule has 0 fully saturated rings. The fourth-order valence-electron chi connectivity index (χ4n) is 1.25. The average molecular weight is 261 g/mol. The van der Waals surface area contributed by atoms with Crippen LogP contribution in [0.15, 0.2) is 6.07 Å². The summed E-state index contributed by atoms with van der Waals surface area (Å²) in [7, 11) is 1.38. The maximum Gasteiger partial charge on any atom is 0.358 e. The zero-order valence-electron chi connectivity index (χ0n) is 9.94. The Morgan fingerprint density at radius 1 is 1.56 bits per heavy atom. The summed E-state index contributed by atoms with van der Waals surface area (Å²) >= 11 is 0. The van der Waals surface area contributed by atoms with Gasteiger partial charge in [0.15, 0.2) is 5.69 Å². The molecule has 6 nitrogen and oxygen atoms in total. The van der Waals surface area contributed by atoms with Gasteiger partial charge in [-0.3, -0.25) is 9.48 Å². The van der Waals surface area contributed by atoms with Gasteiger partial charge >= 0.3 is 5.97 Å². The van der Waals surface area contributed by atoms with Crippen LogP contribution in [0, 0.1) is 0 Å². The van der Waals surface area contributed by atoms with E-state index in [1.54, 1.807) is 6.92 Å². The van der Waals surface area contributed by atoms with Crippen LogP contribution >= 0.6 is 0 Å². The number of alkyl halides is 2. The lowest BCUT2D eigenvalue weighted by atomic mass is 10.3. The number of nitrogens with one attached hydrogen (secondary N) is 1. The van der Waals surface area contributed by atoms with Crippen molar-refractivity contribution in [3.63, 3.8) is 0 Å². The number of esters is 1. The van der Waals surface area contributed by atoms with Crippen molar-refractivity contribution in [2.75, 3.05) is 13.7 Å². The Balaban J connectivity index is 3.00. The molecule has 0 radical (unpaired) electrons. The quantitative estimate of drug-likeness (QED) is 0.793. The van der Waals surface area contributed by atoms with Crippen LogP contribution in [0.25, 0.3) is 0 Å². The van der Waals surface area contributed by atoms with E-state index in [1.165, 1.54) is 7.05 Å². The minimum Gasteiger partial charge on any atom is -0.461 e. The first kappa shape index (κ1) is 14.1. The molecule has 0 bridgehead atoms. The predicted molar refractivity (Wildman–Crippen MR) is 57.2 cm³/mol. The number of carbonyl (C=O) groups excluding carboxylic acids is 2. The zero-order chi connectivity index (χ0) is 13.7. The molecule has 100 valence electrons. The van der Waals surface area contributed by atoms with Gasteiger partial charge in [0.25, 0.3) is 6.43 Å². The lowest BCUT2D eigenvalue weighted by Gasteiger charge is -2.04. The van der Waals surface area contributed by atoms with E-state index in [1.807, 2.05) is 0 Å². The minimum atomic E-state index is -2.83. The molecule has 0 aromatic carbocycles. The van der Waals surface area contributed by atoms with Crippen molar-refractivity contribution < 1.29 is 23.1 Å². The number of halogens is 2. The molecule has 0 atom stereocenters. The van der Waals surface area contributed by atoms with Crippen molar-refractivity contribution in [2.24, 2.45) is 0 Å². The number of amides is 1. The molecule has 0 aliphatic carbocycles. The molecule has 0 aliphatic rings. The second-order valence-electron chi connectivity index (χ2n) is 3.31. The molecule has 0 saturated carbocycles. The summed E-state index contributed by atoms with van der Waals surface area (Å²) in [5, 5.41) is 5.92. The van der Waals surface area contributed by atoms with E-state index in [0.717, 1.165) is 10.7 Å². The molecule has 8 heteroatoms. The Kier molecular flexibility index (Phi) is 4.75.